The van der Waals surface area contributed by atoms with Crippen LogP contribution in [0.15, 0.2) is 28.2 Å². The molecule has 0 bridgehead atoms. The van der Waals surface area contributed by atoms with Crippen molar-refractivity contribution in [2.45, 2.75) is 0 Å². The summed E-state index contributed by atoms with van der Waals surface area (Å²) in [7, 11) is 3.75. The fraction of sp³-hybridized carbons (Fsp3) is 0.167. The Morgan fingerprint density at radius 2 is 2.21 bits per heavy atom. The summed E-state index contributed by atoms with van der Waals surface area (Å²) in [5, 5.41) is 3.30. The molecule has 0 saturated carbocycles. The largest absolute Gasteiger partial charge is 0.399 e. The van der Waals surface area contributed by atoms with Gasteiger partial charge in [0, 0.05) is 25.5 Å². The van der Waals surface area contributed by atoms with Crippen molar-refractivity contribution in [1.29, 1.82) is 0 Å². The van der Waals surface area contributed by atoms with Gasteiger partial charge in [0.2, 0.25) is 0 Å². The minimum atomic E-state index is -0.224. The number of rotatable bonds is 3. The highest BCUT2D eigenvalue weighted by molar-refractivity contribution is 9.11. The third-order valence-electron chi connectivity index (χ3n) is 2.44. The van der Waals surface area contributed by atoms with Crippen LogP contribution in [-0.4, -0.2) is 25.0 Å². The molecule has 1 heterocycles. The number of carbonyl (C=O) groups is 1. The zero-order valence-corrected chi connectivity index (χ0v) is 12.9. The molecule has 2 rings (SSSR count). The second-order valence-corrected chi connectivity index (χ2v) is 6.50. The van der Waals surface area contributed by atoms with E-state index < -0.39 is 0 Å². The van der Waals surface area contributed by atoms with Gasteiger partial charge in [0.05, 0.1) is 15.5 Å². The second-order valence-electron chi connectivity index (χ2n) is 4.09. The van der Waals surface area contributed by atoms with Crippen molar-refractivity contribution in [3.8, 4) is 0 Å². The van der Waals surface area contributed by atoms with E-state index in [0.717, 1.165) is 9.47 Å². The first-order chi connectivity index (χ1) is 8.97. The standard InChI is InChI=1S/C12H13BrN4OS/c1-17(2)9-4-3-7(14)5-8(9)11(18)16-12-15-6-10(13)19-12/h3-6H,14H2,1-2H3,(H,15,16,18). The van der Waals surface area contributed by atoms with Crippen LogP contribution in [0.3, 0.4) is 0 Å². The van der Waals surface area contributed by atoms with E-state index in [-0.39, 0.29) is 5.91 Å². The van der Waals surface area contributed by atoms with Crippen LogP contribution in [0.5, 0.6) is 0 Å². The van der Waals surface area contributed by atoms with Crippen LogP contribution >= 0.6 is 27.3 Å². The Balaban J connectivity index is 2.30. The molecule has 2 aromatic rings. The molecule has 19 heavy (non-hydrogen) atoms. The molecular formula is C12H13BrN4OS. The quantitative estimate of drug-likeness (QED) is 0.842. The molecule has 0 fully saturated rings. The summed E-state index contributed by atoms with van der Waals surface area (Å²) >= 11 is 4.66. The first kappa shape index (κ1) is 13.8. The molecule has 100 valence electrons. The van der Waals surface area contributed by atoms with Crippen molar-refractivity contribution in [2.75, 3.05) is 30.0 Å². The molecule has 1 aromatic carbocycles. The van der Waals surface area contributed by atoms with Crippen LogP contribution in [0.2, 0.25) is 0 Å². The van der Waals surface area contributed by atoms with E-state index in [1.54, 1.807) is 18.3 Å². The van der Waals surface area contributed by atoms with Gasteiger partial charge >= 0.3 is 0 Å². The molecule has 7 heteroatoms. The predicted octanol–water partition coefficient (Wildman–Crippen LogP) is 2.81. The van der Waals surface area contributed by atoms with Crippen LogP contribution in [0.1, 0.15) is 10.4 Å². The number of nitrogens with two attached hydrogens (primary N) is 1. The molecule has 0 aliphatic carbocycles. The summed E-state index contributed by atoms with van der Waals surface area (Å²) in [6, 6.07) is 5.25. The van der Waals surface area contributed by atoms with E-state index in [1.165, 1.54) is 11.3 Å². The van der Waals surface area contributed by atoms with Crippen molar-refractivity contribution >= 4 is 49.7 Å². The lowest BCUT2D eigenvalue weighted by molar-refractivity contribution is 0.102. The van der Waals surface area contributed by atoms with Crippen LogP contribution < -0.4 is 16.0 Å². The van der Waals surface area contributed by atoms with Crippen LogP contribution in [0.4, 0.5) is 16.5 Å². The number of amides is 1. The Kier molecular flexibility index (Phi) is 4.06. The van der Waals surface area contributed by atoms with Gasteiger partial charge in [-0.15, -0.1) is 0 Å². The third kappa shape index (κ3) is 3.24. The summed E-state index contributed by atoms with van der Waals surface area (Å²) in [4.78, 5) is 18.2. The number of hydrogen-bond acceptors (Lipinski definition) is 5. The molecule has 0 aliphatic heterocycles. The SMILES string of the molecule is CN(C)c1ccc(N)cc1C(=O)Nc1ncc(Br)s1. The smallest absolute Gasteiger partial charge is 0.259 e. The monoisotopic (exact) mass is 340 g/mol. The Bertz CT molecular complexity index is 612. The lowest BCUT2D eigenvalue weighted by Gasteiger charge is -2.17. The number of halogens is 1. The fourth-order valence-corrected chi connectivity index (χ4v) is 2.70. The normalized spacial score (nSPS) is 10.3. The third-order valence-corrected chi connectivity index (χ3v) is 3.84. The summed E-state index contributed by atoms with van der Waals surface area (Å²) in [6.45, 7) is 0. The van der Waals surface area contributed by atoms with Gasteiger partial charge in [-0.1, -0.05) is 11.3 Å². The van der Waals surface area contributed by atoms with Crippen molar-refractivity contribution in [3.05, 3.63) is 33.7 Å². The van der Waals surface area contributed by atoms with E-state index in [9.17, 15) is 4.79 Å². The number of nitrogen functional groups attached to an aromatic ring is 1. The van der Waals surface area contributed by atoms with E-state index in [2.05, 4.69) is 26.2 Å². The number of hydrogen-bond donors (Lipinski definition) is 2. The molecule has 5 nitrogen and oxygen atoms in total. The number of nitrogens with one attached hydrogen (secondary N) is 1. The Morgan fingerprint density at radius 1 is 1.47 bits per heavy atom. The number of benzene rings is 1. The highest BCUT2D eigenvalue weighted by Gasteiger charge is 2.14. The summed E-state index contributed by atoms with van der Waals surface area (Å²) in [5.74, 6) is -0.224. The Labute approximate surface area is 123 Å². The molecular weight excluding hydrogens is 328 g/mol. The van der Waals surface area contributed by atoms with E-state index in [1.807, 2.05) is 25.1 Å². The van der Waals surface area contributed by atoms with Crippen molar-refractivity contribution < 1.29 is 4.79 Å². The zero-order chi connectivity index (χ0) is 14.0. The molecule has 3 N–H and O–H groups in total. The summed E-state index contributed by atoms with van der Waals surface area (Å²) in [5.41, 5.74) is 7.63. The minimum absolute atomic E-state index is 0.224. The van der Waals surface area contributed by atoms with E-state index in [4.69, 9.17) is 5.73 Å². The topological polar surface area (TPSA) is 71.2 Å². The molecule has 0 saturated heterocycles. The maximum atomic E-state index is 12.3. The average Bonchev–Trinajstić information content (AvgIpc) is 2.74. The maximum Gasteiger partial charge on any atom is 0.259 e. The molecule has 1 amide bonds. The van der Waals surface area contributed by atoms with Gasteiger partial charge < -0.3 is 10.6 Å². The lowest BCUT2D eigenvalue weighted by atomic mass is 10.1. The van der Waals surface area contributed by atoms with Gasteiger partial charge in [0.15, 0.2) is 5.13 Å². The van der Waals surface area contributed by atoms with Crippen LogP contribution in [0, 0.1) is 0 Å². The Morgan fingerprint density at radius 3 is 2.79 bits per heavy atom. The molecule has 1 aromatic heterocycles. The lowest BCUT2D eigenvalue weighted by Crippen LogP contribution is -2.18. The predicted molar refractivity (Wildman–Crippen MR) is 82.9 cm³/mol. The number of anilines is 3. The van der Waals surface area contributed by atoms with Crippen molar-refractivity contribution in [3.63, 3.8) is 0 Å². The van der Waals surface area contributed by atoms with Crippen LogP contribution in [-0.2, 0) is 0 Å². The molecule has 0 radical (unpaired) electrons. The number of carbonyl (C=O) groups excluding carboxylic acids is 1. The number of nitrogens with zero attached hydrogens (tertiary/aromatic N) is 2. The van der Waals surface area contributed by atoms with Gasteiger partial charge in [0.1, 0.15) is 0 Å². The van der Waals surface area contributed by atoms with Gasteiger partial charge in [0.25, 0.3) is 5.91 Å². The highest BCUT2D eigenvalue weighted by atomic mass is 79.9. The first-order valence-corrected chi connectivity index (χ1v) is 7.08. The first-order valence-electron chi connectivity index (χ1n) is 5.47. The van der Waals surface area contributed by atoms with Gasteiger partial charge in [-0.2, -0.15) is 0 Å². The summed E-state index contributed by atoms with van der Waals surface area (Å²) in [6.07, 6.45) is 1.65. The van der Waals surface area contributed by atoms with E-state index in [0.29, 0.717) is 16.4 Å². The van der Waals surface area contributed by atoms with E-state index >= 15 is 0 Å². The van der Waals surface area contributed by atoms with Gasteiger partial charge in [-0.3, -0.25) is 10.1 Å². The van der Waals surface area contributed by atoms with Crippen molar-refractivity contribution in [1.82, 2.24) is 4.98 Å². The Hall–Kier alpha value is -1.60. The molecule has 0 spiro atoms. The van der Waals surface area contributed by atoms with Gasteiger partial charge in [-0.25, -0.2) is 4.98 Å². The zero-order valence-electron chi connectivity index (χ0n) is 10.5. The number of thiazole rings is 1. The minimum Gasteiger partial charge on any atom is -0.399 e. The molecule has 0 aliphatic rings. The fourth-order valence-electron chi connectivity index (χ4n) is 1.60. The average molecular weight is 341 g/mol. The summed E-state index contributed by atoms with van der Waals surface area (Å²) < 4.78 is 0.864. The molecule has 0 atom stereocenters. The van der Waals surface area contributed by atoms with Gasteiger partial charge in [-0.05, 0) is 34.1 Å². The second kappa shape index (κ2) is 5.58. The van der Waals surface area contributed by atoms with Crippen LogP contribution in [0.25, 0.3) is 0 Å². The number of aromatic nitrogens is 1. The molecule has 0 unspecified atom stereocenters. The maximum absolute atomic E-state index is 12.3. The van der Waals surface area contributed by atoms with Crippen molar-refractivity contribution in [2.24, 2.45) is 0 Å². The highest BCUT2D eigenvalue weighted by Crippen LogP contribution is 2.26.